The molecule has 0 radical (unpaired) electrons. The van der Waals surface area contributed by atoms with Gasteiger partial charge in [0.15, 0.2) is 5.82 Å². The van der Waals surface area contributed by atoms with E-state index in [-0.39, 0.29) is 6.10 Å². The molecule has 8 heteroatoms. The first kappa shape index (κ1) is 14.8. The number of aromatic nitrogens is 5. The van der Waals surface area contributed by atoms with Crippen molar-refractivity contribution in [3.05, 3.63) is 23.4 Å². The smallest absolute Gasteiger partial charge is 0.240 e. The molecule has 1 saturated carbocycles. The molecule has 0 aromatic carbocycles. The maximum absolute atomic E-state index is 5.87. The minimum atomic E-state index is 0.106. The van der Waals surface area contributed by atoms with Gasteiger partial charge < -0.3 is 9.26 Å². The van der Waals surface area contributed by atoms with E-state index in [0.29, 0.717) is 25.0 Å². The summed E-state index contributed by atoms with van der Waals surface area (Å²) in [6.45, 7) is 7.71. The highest BCUT2D eigenvalue weighted by Gasteiger charge is 2.29. The van der Waals surface area contributed by atoms with Crippen LogP contribution < -0.4 is 0 Å². The number of morpholine rings is 1. The van der Waals surface area contributed by atoms with Gasteiger partial charge in [-0.1, -0.05) is 5.16 Å². The van der Waals surface area contributed by atoms with E-state index in [4.69, 9.17) is 9.26 Å². The van der Waals surface area contributed by atoms with Gasteiger partial charge in [-0.2, -0.15) is 10.1 Å². The molecule has 2 aromatic rings. The lowest BCUT2D eigenvalue weighted by Crippen LogP contribution is -2.44. The molecule has 2 fully saturated rings. The van der Waals surface area contributed by atoms with E-state index in [2.05, 4.69) is 25.1 Å². The van der Waals surface area contributed by atoms with Crippen molar-refractivity contribution < 1.29 is 9.26 Å². The Morgan fingerprint density at radius 1 is 1.22 bits per heavy atom. The monoisotopic (exact) mass is 318 g/mol. The third-order valence-electron chi connectivity index (χ3n) is 4.35. The third-order valence-corrected chi connectivity index (χ3v) is 4.35. The zero-order chi connectivity index (χ0) is 15.8. The normalized spacial score (nSPS) is 22.6. The predicted molar refractivity (Wildman–Crippen MR) is 80.8 cm³/mol. The lowest BCUT2D eigenvalue weighted by atomic mass is 10.2. The maximum atomic E-state index is 5.87. The van der Waals surface area contributed by atoms with Crippen molar-refractivity contribution in [2.45, 2.75) is 51.8 Å². The van der Waals surface area contributed by atoms with Crippen molar-refractivity contribution >= 4 is 0 Å². The molecule has 2 aliphatic rings. The van der Waals surface area contributed by atoms with E-state index >= 15 is 0 Å². The Balaban J connectivity index is 1.35. The topological polar surface area (TPSA) is 82.1 Å². The first-order valence-electron chi connectivity index (χ1n) is 8.22. The quantitative estimate of drug-likeness (QED) is 0.815. The molecular formula is C15H22N6O2. The van der Waals surface area contributed by atoms with Crippen LogP contribution in [0.25, 0.3) is 0 Å². The van der Waals surface area contributed by atoms with Gasteiger partial charge in [0, 0.05) is 19.0 Å². The van der Waals surface area contributed by atoms with E-state index in [9.17, 15) is 0 Å². The van der Waals surface area contributed by atoms with Crippen LogP contribution in [0.2, 0.25) is 0 Å². The summed E-state index contributed by atoms with van der Waals surface area (Å²) in [5, 5.41) is 8.49. The fourth-order valence-corrected chi connectivity index (χ4v) is 2.99. The molecule has 0 spiro atoms. The molecule has 1 aliphatic carbocycles. The Morgan fingerprint density at radius 2 is 2.09 bits per heavy atom. The second-order valence-corrected chi connectivity index (χ2v) is 6.44. The second kappa shape index (κ2) is 6.01. The van der Waals surface area contributed by atoms with Crippen LogP contribution in [0.5, 0.6) is 0 Å². The molecule has 0 amide bonds. The van der Waals surface area contributed by atoms with Gasteiger partial charge in [0.1, 0.15) is 11.6 Å². The zero-order valence-corrected chi connectivity index (χ0v) is 13.6. The molecule has 1 saturated heterocycles. The summed E-state index contributed by atoms with van der Waals surface area (Å²) in [5.41, 5.74) is 0. The van der Waals surface area contributed by atoms with Crippen LogP contribution in [0.3, 0.4) is 0 Å². The summed E-state index contributed by atoms with van der Waals surface area (Å²) in [6.07, 6.45) is 2.49. The number of ether oxygens (including phenoxy) is 1. The Morgan fingerprint density at radius 3 is 2.83 bits per heavy atom. The Bertz CT molecular complexity index is 677. The summed E-state index contributed by atoms with van der Waals surface area (Å²) in [4.78, 5) is 11.1. The first-order valence-corrected chi connectivity index (χ1v) is 8.22. The lowest BCUT2D eigenvalue weighted by molar-refractivity contribution is -0.0429. The van der Waals surface area contributed by atoms with Gasteiger partial charge in [-0.25, -0.2) is 9.67 Å². The van der Waals surface area contributed by atoms with Crippen LogP contribution in [0.4, 0.5) is 0 Å². The van der Waals surface area contributed by atoms with Gasteiger partial charge in [0.2, 0.25) is 5.89 Å². The molecule has 23 heavy (non-hydrogen) atoms. The average Bonchev–Trinajstić information content (AvgIpc) is 3.19. The van der Waals surface area contributed by atoms with E-state index < -0.39 is 0 Å². The van der Waals surface area contributed by atoms with Crippen molar-refractivity contribution in [2.24, 2.45) is 0 Å². The average molecular weight is 318 g/mol. The summed E-state index contributed by atoms with van der Waals surface area (Å²) < 4.78 is 13.2. The summed E-state index contributed by atoms with van der Waals surface area (Å²) in [7, 11) is 0. The molecule has 1 unspecified atom stereocenters. The number of aryl methyl sites for hydroxylation is 2. The Labute approximate surface area is 134 Å². The lowest BCUT2D eigenvalue weighted by Gasteiger charge is -2.31. The molecule has 0 bridgehead atoms. The maximum Gasteiger partial charge on any atom is 0.240 e. The van der Waals surface area contributed by atoms with Crippen LogP contribution >= 0.6 is 0 Å². The third kappa shape index (κ3) is 3.42. The Hall–Kier alpha value is -1.80. The van der Waals surface area contributed by atoms with Gasteiger partial charge in [-0.15, -0.1) is 0 Å². The van der Waals surface area contributed by atoms with Gasteiger partial charge in [-0.05, 0) is 26.7 Å². The van der Waals surface area contributed by atoms with Crippen molar-refractivity contribution in [1.82, 2.24) is 29.8 Å². The van der Waals surface area contributed by atoms with Gasteiger partial charge in [0.05, 0.1) is 25.8 Å². The summed E-state index contributed by atoms with van der Waals surface area (Å²) in [6, 6.07) is 0. The molecule has 1 aliphatic heterocycles. The van der Waals surface area contributed by atoms with E-state index in [1.165, 1.54) is 12.8 Å². The van der Waals surface area contributed by atoms with Crippen molar-refractivity contribution in [3.63, 3.8) is 0 Å². The van der Waals surface area contributed by atoms with Crippen LogP contribution in [0.1, 0.15) is 42.1 Å². The van der Waals surface area contributed by atoms with Gasteiger partial charge >= 0.3 is 0 Å². The zero-order valence-electron chi connectivity index (χ0n) is 13.6. The number of rotatable bonds is 5. The van der Waals surface area contributed by atoms with Crippen molar-refractivity contribution in [1.29, 1.82) is 0 Å². The van der Waals surface area contributed by atoms with Crippen LogP contribution in [0, 0.1) is 13.8 Å². The first-order chi connectivity index (χ1) is 11.2. The highest BCUT2D eigenvalue weighted by Crippen LogP contribution is 2.38. The molecule has 124 valence electrons. The van der Waals surface area contributed by atoms with Gasteiger partial charge in [0.25, 0.3) is 0 Å². The van der Waals surface area contributed by atoms with Crippen molar-refractivity contribution in [3.8, 4) is 0 Å². The molecule has 2 aromatic heterocycles. The van der Waals surface area contributed by atoms with Crippen LogP contribution in [-0.4, -0.2) is 55.6 Å². The minimum absolute atomic E-state index is 0.106. The van der Waals surface area contributed by atoms with E-state index in [0.717, 1.165) is 37.1 Å². The SMILES string of the molecule is Cc1nc(C)n(CC2CN(Cc3nc(C4CC4)no3)CCO2)n1. The standard InChI is InChI=1S/C15H22N6O2/c1-10-16-11(2)21(18-10)8-13-7-20(5-6-22-13)9-14-17-15(19-23-14)12-3-4-12/h12-13H,3-9H2,1-2H3. The Kier molecular flexibility index (Phi) is 3.86. The minimum Gasteiger partial charge on any atom is -0.374 e. The predicted octanol–water partition coefficient (Wildman–Crippen LogP) is 1.06. The van der Waals surface area contributed by atoms with Gasteiger partial charge in [-0.3, -0.25) is 4.90 Å². The molecule has 1 atom stereocenters. The molecule has 3 heterocycles. The number of hydrogen-bond donors (Lipinski definition) is 0. The highest BCUT2D eigenvalue weighted by molar-refractivity contribution is 5.03. The highest BCUT2D eigenvalue weighted by atomic mass is 16.5. The number of nitrogens with zero attached hydrogens (tertiary/aromatic N) is 6. The second-order valence-electron chi connectivity index (χ2n) is 6.44. The molecule has 4 rings (SSSR count). The summed E-state index contributed by atoms with van der Waals surface area (Å²) >= 11 is 0. The van der Waals surface area contributed by atoms with E-state index in [1.54, 1.807) is 0 Å². The summed E-state index contributed by atoms with van der Waals surface area (Å²) in [5.74, 6) is 3.84. The van der Waals surface area contributed by atoms with E-state index in [1.807, 2.05) is 18.5 Å². The fraction of sp³-hybridized carbons (Fsp3) is 0.733. The molecule has 8 nitrogen and oxygen atoms in total. The molecule has 0 N–H and O–H groups in total. The fourth-order valence-electron chi connectivity index (χ4n) is 2.99. The van der Waals surface area contributed by atoms with Crippen LogP contribution in [0.15, 0.2) is 4.52 Å². The van der Waals surface area contributed by atoms with Crippen molar-refractivity contribution in [2.75, 3.05) is 19.7 Å². The number of hydrogen-bond acceptors (Lipinski definition) is 7. The molecular weight excluding hydrogens is 296 g/mol. The van der Waals surface area contributed by atoms with Crippen LogP contribution in [-0.2, 0) is 17.8 Å². The largest absolute Gasteiger partial charge is 0.374 e.